The van der Waals surface area contributed by atoms with Crippen LogP contribution in [0.25, 0.3) is 17.1 Å². The summed E-state index contributed by atoms with van der Waals surface area (Å²) in [6, 6.07) is 21.4. The molecular weight excluding hydrogens is 338 g/mol. The van der Waals surface area contributed by atoms with Gasteiger partial charge in [0.2, 0.25) is 5.91 Å². The molecule has 0 atom stereocenters. The van der Waals surface area contributed by atoms with Gasteiger partial charge in [0.05, 0.1) is 11.4 Å². The van der Waals surface area contributed by atoms with Crippen LogP contribution in [0.4, 0.5) is 5.82 Å². The largest absolute Gasteiger partial charge is 0.322 e. The number of nitrogens with one attached hydrogen (secondary N) is 1. The Hall–Kier alpha value is -3.67. The van der Waals surface area contributed by atoms with Gasteiger partial charge in [-0.25, -0.2) is 9.67 Å². The van der Waals surface area contributed by atoms with Gasteiger partial charge >= 0.3 is 0 Å². The highest BCUT2D eigenvalue weighted by Crippen LogP contribution is 2.19. The van der Waals surface area contributed by atoms with Crippen molar-refractivity contribution >= 4 is 11.7 Å². The molecule has 6 nitrogen and oxygen atoms in total. The van der Waals surface area contributed by atoms with Crippen molar-refractivity contribution in [1.29, 1.82) is 0 Å². The first-order valence-electron chi connectivity index (χ1n) is 8.69. The van der Waals surface area contributed by atoms with Crippen molar-refractivity contribution < 1.29 is 4.79 Å². The third-order valence-electron chi connectivity index (χ3n) is 4.16. The Morgan fingerprint density at radius 3 is 2.48 bits per heavy atom. The van der Waals surface area contributed by atoms with E-state index >= 15 is 0 Å². The van der Waals surface area contributed by atoms with E-state index in [0.29, 0.717) is 5.82 Å². The molecular formula is C21H19N5O. The zero-order valence-corrected chi connectivity index (χ0v) is 14.9. The number of carbonyl (C=O) groups is 1. The topological polar surface area (TPSA) is 64.7 Å². The van der Waals surface area contributed by atoms with Crippen LogP contribution in [0.15, 0.2) is 79.1 Å². The molecule has 0 aliphatic carbocycles. The quantitative estimate of drug-likeness (QED) is 0.592. The Balaban J connectivity index is 1.55. The number of nitrogens with zero attached hydrogens (tertiary/aromatic N) is 4. The van der Waals surface area contributed by atoms with E-state index in [4.69, 9.17) is 0 Å². The molecule has 4 rings (SSSR count). The minimum absolute atomic E-state index is 0.137. The summed E-state index contributed by atoms with van der Waals surface area (Å²) in [4.78, 5) is 17.0. The molecule has 27 heavy (non-hydrogen) atoms. The van der Waals surface area contributed by atoms with E-state index in [2.05, 4.69) is 15.4 Å². The monoisotopic (exact) mass is 357 g/mol. The number of hydrogen-bond acceptors (Lipinski definition) is 3. The summed E-state index contributed by atoms with van der Waals surface area (Å²) in [6.07, 6.45) is 3.51. The molecule has 0 aliphatic heterocycles. The molecule has 0 bridgehead atoms. The minimum Gasteiger partial charge on any atom is -0.322 e. The number of hydrogen-bond donors (Lipinski definition) is 1. The van der Waals surface area contributed by atoms with Crippen molar-refractivity contribution in [3.8, 4) is 17.1 Å². The van der Waals surface area contributed by atoms with Crippen LogP contribution in [-0.4, -0.2) is 25.2 Å². The fourth-order valence-electron chi connectivity index (χ4n) is 2.98. The first kappa shape index (κ1) is 16.8. The maximum Gasteiger partial charge on any atom is 0.245 e. The number of amides is 1. The van der Waals surface area contributed by atoms with Crippen molar-refractivity contribution in [2.24, 2.45) is 0 Å². The van der Waals surface area contributed by atoms with E-state index in [0.717, 1.165) is 22.8 Å². The standard InChI is InChI=1S/C21H19N5O/c1-16-14-19(26(24-16)18-10-6-3-7-11-18)23-20(27)15-25-13-12-22-21(25)17-8-4-2-5-9-17/h2-14H,15H2,1H3,(H,23,27). The van der Waals surface area contributed by atoms with Gasteiger partial charge in [0.15, 0.2) is 0 Å². The molecule has 0 radical (unpaired) electrons. The summed E-state index contributed by atoms with van der Waals surface area (Å²) in [6.45, 7) is 2.07. The summed E-state index contributed by atoms with van der Waals surface area (Å²) >= 11 is 0. The Morgan fingerprint density at radius 1 is 1.04 bits per heavy atom. The number of imidazole rings is 1. The number of para-hydroxylation sites is 1. The van der Waals surface area contributed by atoms with Crippen LogP contribution in [-0.2, 0) is 11.3 Å². The SMILES string of the molecule is Cc1cc(NC(=O)Cn2ccnc2-c2ccccc2)n(-c2ccccc2)n1. The maximum absolute atomic E-state index is 12.7. The van der Waals surface area contributed by atoms with Crippen LogP contribution in [0.2, 0.25) is 0 Å². The average molecular weight is 357 g/mol. The first-order chi connectivity index (χ1) is 13.2. The summed E-state index contributed by atoms with van der Waals surface area (Å²) in [5, 5.41) is 7.44. The van der Waals surface area contributed by atoms with Gasteiger partial charge in [0.1, 0.15) is 18.2 Å². The molecule has 0 fully saturated rings. The van der Waals surface area contributed by atoms with Gasteiger partial charge in [-0.05, 0) is 19.1 Å². The van der Waals surface area contributed by atoms with Gasteiger partial charge < -0.3 is 9.88 Å². The highest BCUT2D eigenvalue weighted by Gasteiger charge is 2.13. The Bertz CT molecular complexity index is 1050. The molecule has 0 aliphatic rings. The van der Waals surface area contributed by atoms with E-state index in [1.165, 1.54) is 0 Å². The Morgan fingerprint density at radius 2 is 1.74 bits per heavy atom. The van der Waals surface area contributed by atoms with Crippen molar-refractivity contribution in [2.45, 2.75) is 13.5 Å². The van der Waals surface area contributed by atoms with Gasteiger partial charge in [0.25, 0.3) is 0 Å². The zero-order chi connectivity index (χ0) is 18.6. The van der Waals surface area contributed by atoms with Gasteiger partial charge in [0, 0.05) is 24.0 Å². The Kier molecular flexibility index (Phi) is 4.53. The second kappa shape index (κ2) is 7.29. The summed E-state index contributed by atoms with van der Waals surface area (Å²) in [5.41, 5.74) is 2.70. The fourth-order valence-corrected chi connectivity index (χ4v) is 2.98. The van der Waals surface area contributed by atoms with Crippen LogP contribution in [0.1, 0.15) is 5.69 Å². The fraction of sp³-hybridized carbons (Fsp3) is 0.0952. The predicted octanol–water partition coefficient (Wildman–Crippen LogP) is 3.68. The number of benzene rings is 2. The normalized spacial score (nSPS) is 10.7. The molecule has 6 heteroatoms. The van der Waals surface area contributed by atoms with E-state index in [1.807, 2.05) is 84.4 Å². The average Bonchev–Trinajstić information content (AvgIpc) is 3.29. The lowest BCUT2D eigenvalue weighted by atomic mass is 10.2. The minimum atomic E-state index is -0.137. The van der Waals surface area contributed by atoms with Crippen LogP contribution in [0.3, 0.4) is 0 Å². The molecule has 134 valence electrons. The van der Waals surface area contributed by atoms with Gasteiger partial charge in [-0.2, -0.15) is 5.10 Å². The van der Waals surface area contributed by atoms with Gasteiger partial charge in [-0.15, -0.1) is 0 Å². The lowest BCUT2D eigenvalue weighted by Crippen LogP contribution is -2.20. The van der Waals surface area contributed by atoms with E-state index in [9.17, 15) is 4.79 Å². The predicted molar refractivity (Wildman–Crippen MR) is 105 cm³/mol. The van der Waals surface area contributed by atoms with E-state index in [1.54, 1.807) is 10.9 Å². The maximum atomic E-state index is 12.7. The summed E-state index contributed by atoms with van der Waals surface area (Å²) < 4.78 is 3.57. The lowest BCUT2D eigenvalue weighted by molar-refractivity contribution is -0.116. The van der Waals surface area contributed by atoms with Crippen molar-refractivity contribution in [2.75, 3.05) is 5.32 Å². The molecule has 2 heterocycles. The molecule has 2 aromatic heterocycles. The zero-order valence-electron chi connectivity index (χ0n) is 14.9. The molecule has 0 unspecified atom stereocenters. The van der Waals surface area contributed by atoms with Crippen molar-refractivity contribution in [3.05, 3.63) is 84.8 Å². The van der Waals surface area contributed by atoms with Crippen molar-refractivity contribution in [3.63, 3.8) is 0 Å². The second-order valence-electron chi connectivity index (χ2n) is 6.21. The highest BCUT2D eigenvalue weighted by molar-refractivity contribution is 5.90. The molecule has 2 aromatic carbocycles. The smallest absolute Gasteiger partial charge is 0.245 e. The van der Waals surface area contributed by atoms with Crippen LogP contribution < -0.4 is 5.32 Å². The number of anilines is 1. The molecule has 1 N–H and O–H groups in total. The van der Waals surface area contributed by atoms with E-state index < -0.39 is 0 Å². The summed E-state index contributed by atoms with van der Waals surface area (Å²) in [5.74, 6) is 1.27. The molecule has 0 saturated heterocycles. The molecule has 0 spiro atoms. The molecule has 1 amide bonds. The lowest BCUT2D eigenvalue weighted by Gasteiger charge is -2.11. The summed E-state index contributed by atoms with van der Waals surface area (Å²) in [7, 11) is 0. The number of aryl methyl sites for hydroxylation is 1. The van der Waals surface area contributed by atoms with Gasteiger partial charge in [-0.3, -0.25) is 4.79 Å². The van der Waals surface area contributed by atoms with Crippen LogP contribution >= 0.6 is 0 Å². The van der Waals surface area contributed by atoms with Crippen molar-refractivity contribution in [1.82, 2.24) is 19.3 Å². The molecule has 0 saturated carbocycles. The number of carbonyl (C=O) groups excluding carboxylic acids is 1. The third-order valence-corrected chi connectivity index (χ3v) is 4.16. The number of rotatable bonds is 5. The number of aromatic nitrogens is 4. The van der Waals surface area contributed by atoms with Crippen LogP contribution in [0.5, 0.6) is 0 Å². The van der Waals surface area contributed by atoms with Crippen LogP contribution in [0, 0.1) is 6.92 Å². The Labute approximate surface area is 157 Å². The highest BCUT2D eigenvalue weighted by atomic mass is 16.2. The second-order valence-corrected chi connectivity index (χ2v) is 6.21. The van der Waals surface area contributed by atoms with E-state index in [-0.39, 0.29) is 12.5 Å². The third kappa shape index (κ3) is 3.64. The first-order valence-corrected chi connectivity index (χ1v) is 8.69. The van der Waals surface area contributed by atoms with Gasteiger partial charge in [-0.1, -0.05) is 48.5 Å². The molecule has 4 aromatic rings.